The van der Waals surface area contributed by atoms with Crippen molar-refractivity contribution in [2.24, 2.45) is 0 Å². The van der Waals surface area contributed by atoms with Gasteiger partial charge in [0.15, 0.2) is 0 Å². The molecule has 1 atom stereocenters. The topological polar surface area (TPSA) is 44.8 Å². The fourth-order valence-corrected chi connectivity index (χ4v) is 3.35. The highest BCUT2D eigenvalue weighted by Crippen LogP contribution is 2.15. The van der Waals surface area contributed by atoms with Crippen molar-refractivity contribution < 1.29 is 9.53 Å². The largest absolute Gasteiger partial charge is 0.379 e. The molecule has 2 saturated heterocycles. The molecule has 1 aromatic carbocycles. The zero-order chi connectivity index (χ0) is 16.1. The van der Waals surface area contributed by atoms with Crippen LogP contribution in [0.4, 0.5) is 0 Å². The van der Waals surface area contributed by atoms with Crippen LogP contribution in [0.1, 0.15) is 28.8 Å². The van der Waals surface area contributed by atoms with Crippen LogP contribution in [0.25, 0.3) is 0 Å². The molecule has 0 aromatic heterocycles. The minimum Gasteiger partial charge on any atom is -0.379 e. The van der Waals surface area contributed by atoms with E-state index in [-0.39, 0.29) is 5.91 Å². The molecule has 1 amide bonds. The Kier molecular flexibility index (Phi) is 5.65. The maximum atomic E-state index is 12.6. The number of amides is 1. The van der Waals surface area contributed by atoms with Gasteiger partial charge in [0.25, 0.3) is 5.91 Å². The summed E-state index contributed by atoms with van der Waals surface area (Å²) in [5, 5.41) is 3.29. The third-order valence-electron chi connectivity index (χ3n) is 4.83. The highest BCUT2D eigenvalue weighted by Gasteiger charge is 2.23. The summed E-state index contributed by atoms with van der Waals surface area (Å²) in [5.74, 6) is 0.155. The predicted octanol–water partition coefficient (Wildman–Crippen LogP) is 1.34. The summed E-state index contributed by atoms with van der Waals surface area (Å²) >= 11 is 0. The van der Waals surface area contributed by atoms with E-state index in [9.17, 15) is 4.79 Å². The standard InChI is InChI=1S/C18H27N3O2/c1-19-17-3-2-8-21(14-17)18(22)16-6-4-15(5-7-16)13-20-9-11-23-12-10-20/h4-7,17,19H,2-3,8-14H2,1H3/t17-/m1/s1. The second-order valence-corrected chi connectivity index (χ2v) is 6.46. The number of hydrogen-bond donors (Lipinski definition) is 1. The van der Waals surface area contributed by atoms with Crippen LogP contribution in [0.15, 0.2) is 24.3 Å². The second kappa shape index (κ2) is 7.90. The lowest BCUT2D eigenvalue weighted by Gasteiger charge is -2.32. The number of nitrogens with zero attached hydrogens (tertiary/aromatic N) is 2. The highest BCUT2D eigenvalue weighted by atomic mass is 16.5. The number of carbonyl (C=O) groups is 1. The number of piperidine rings is 1. The van der Waals surface area contributed by atoms with Crippen LogP contribution in [-0.4, -0.2) is 68.2 Å². The molecule has 5 nitrogen and oxygen atoms in total. The van der Waals surface area contributed by atoms with Gasteiger partial charge in [0.1, 0.15) is 0 Å². The summed E-state index contributed by atoms with van der Waals surface area (Å²) in [7, 11) is 1.97. The van der Waals surface area contributed by atoms with Crippen molar-refractivity contribution in [3.8, 4) is 0 Å². The van der Waals surface area contributed by atoms with Gasteiger partial charge >= 0.3 is 0 Å². The Morgan fingerprint density at radius 1 is 1.22 bits per heavy atom. The zero-order valence-electron chi connectivity index (χ0n) is 14.0. The van der Waals surface area contributed by atoms with Crippen molar-refractivity contribution in [3.05, 3.63) is 35.4 Å². The molecule has 2 fully saturated rings. The molecule has 0 saturated carbocycles. The third kappa shape index (κ3) is 4.31. The van der Waals surface area contributed by atoms with Crippen molar-refractivity contribution in [1.82, 2.24) is 15.1 Å². The van der Waals surface area contributed by atoms with Gasteiger partial charge in [-0.25, -0.2) is 0 Å². The van der Waals surface area contributed by atoms with E-state index in [4.69, 9.17) is 4.74 Å². The number of nitrogens with one attached hydrogen (secondary N) is 1. The maximum Gasteiger partial charge on any atom is 0.253 e. The second-order valence-electron chi connectivity index (χ2n) is 6.46. The van der Waals surface area contributed by atoms with E-state index in [1.54, 1.807) is 0 Å². The predicted molar refractivity (Wildman–Crippen MR) is 90.5 cm³/mol. The van der Waals surface area contributed by atoms with E-state index >= 15 is 0 Å². The number of likely N-dealkylation sites (N-methyl/N-ethyl adjacent to an activating group) is 1. The maximum absolute atomic E-state index is 12.6. The van der Waals surface area contributed by atoms with Gasteiger partial charge in [-0.2, -0.15) is 0 Å². The van der Waals surface area contributed by atoms with Gasteiger partial charge in [-0.3, -0.25) is 9.69 Å². The first-order valence-corrected chi connectivity index (χ1v) is 8.62. The molecule has 0 aliphatic carbocycles. The van der Waals surface area contributed by atoms with Crippen molar-refractivity contribution in [2.75, 3.05) is 46.4 Å². The molecule has 3 rings (SSSR count). The van der Waals surface area contributed by atoms with Gasteiger partial charge in [0.05, 0.1) is 13.2 Å². The first-order chi connectivity index (χ1) is 11.3. The third-order valence-corrected chi connectivity index (χ3v) is 4.83. The fraction of sp³-hybridized carbons (Fsp3) is 0.611. The van der Waals surface area contributed by atoms with Crippen LogP contribution in [0.2, 0.25) is 0 Å². The average Bonchev–Trinajstić information content (AvgIpc) is 2.63. The lowest BCUT2D eigenvalue weighted by molar-refractivity contribution is 0.0342. The van der Waals surface area contributed by atoms with E-state index in [2.05, 4.69) is 22.3 Å². The fourth-order valence-electron chi connectivity index (χ4n) is 3.35. The summed E-state index contributed by atoms with van der Waals surface area (Å²) in [6.07, 6.45) is 2.23. The lowest BCUT2D eigenvalue weighted by atomic mass is 10.0. The Hall–Kier alpha value is -1.43. The molecule has 0 unspecified atom stereocenters. The number of rotatable bonds is 4. The molecule has 126 valence electrons. The minimum absolute atomic E-state index is 0.155. The Balaban J connectivity index is 1.58. The first kappa shape index (κ1) is 16.4. The van der Waals surface area contributed by atoms with Crippen LogP contribution in [0, 0.1) is 0 Å². The minimum atomic E-state index is 0.155. The molecular weight excluding hydrogens is 290 g/mol. The van der Waals surface area contributed by atoms with E-state index < -0.39 is 0 Å². The van der Waals surface area contributed by atoms with Gasteiger partial charge in [-0.1, -0.05) is 12.1 Å². The van der Waals surface area contributed by atoms with Gasteiger partial charge in [0.2, 0.25) is 0 Å². The van der Waals surface area contributed by atoms with Crippen molar-refractivity contribution in [2.45, 2.75) is 25.4 Å². The van der Waals surface area contributed by atoms with E-state index in [1.807, 2.05) is 24.1 Å². The lowest BCUT2D eigenvalue weighted by Crippen LogP contribution is -2.46. The number of ether oxygens (including phenoxy) is 1. The zero-order valence-corrected chi connectivity index (χ0v) is 14.0. The van der Waals surface area contributed by atoms with E-state index in [0.29, 0.717) is 6.04 Å². The van der Waals surface area contributed by atoms with Gasteiger partial charge < -0.3 is 15.0 Å². The monoisotopic (exact) mass is 317 g/mol. The summed E-state index contributed by atoms with van der Waals surface area (Å²) < 4.78 is 5.38. The molecule has 0 spiro atoms. The summed E-state index contributed by atoms with van der Waals surface area (Å²) in [6, 6.07) is 8.54. The number of carbonyl (C=O) groups excluding carboxylic acids is 1. The van der Waals surface area contributed by atoms with E-state index in [0.717, 1.165) is 64.3 Å². The summed E-state index contributed by atoms with van der Waals surface area (Å²) in [6.45, 7) is 6.22. The van der Waals surface area contributed by atoms with E-state index in [1.165, 1.54) is 5.56 Å². The Bertz CT molecular complexity index is 512. The highest BCUT2D eigenvalue weighted by molar-refractivity contribution is 5.94. The molecule has 23 heavy (non-hydrogen) atoms. The van der Waals surface area contributed by atoms with Crippen LogP contribution < -0.4 is 5.32 Å². The normalized spacial score (nSPS) is 23.0. The molecule has 1 aromatic rings. The van der Waals surface area contributed by atoms with Crippen molar-refractivity contribution in [1.29, 1.82) is 0 Å². The van der Waals surface area contributed by atoms with Crippen molar-refractivity contribution in [3.63, 3.8) is 0 Å². The quantitative estimate of drug-likeness (QED) is 0.910. The summed E-state index contributed by atoms with van der Waals surface area (Å²) in [4.78, 5) is 17.0. The van der Waals surface area contributed by atoms with Crippen LogP contribution in [0.5, 0.6) is 0 Å². The first-order valence-electron chi connectivity index (χ1n) is 8.62. The molecule has 2 aliphatic heterocycles. The molecule has 1 N–H and O–H groups in total. The van der Waals surface area contributed by atoms with Gasteiger partial charge in [-0.15, -0.1) is 0 Å². The van der Waals surface area contributed by atoms with Crippen molar-refractivity contribution >= 4 is 5.91 Å². The molecule has 5 heteroatoms. The Morgan fingerprint density at radius 3 is 2.65 bits per heavy atom. The smallest absolute Gasteiger partial charge is 0.253 e. The SMILES string of the molecule is CN[C@@H]1CCCN(C(=O)c2ccc(CN3CCOCC3)cc2)C1. The number of benzene rings is 1. The summed E-state index contributed by atoms with van der Waals surface area (Å²) in [5.41, 5.74) is 2.06. The molecule has 0 radical (unpaired) electrons. The van der Waals surface area contributed by atoms with Crippen LogP contribution in [-0.2, 0) is 11.3 Å². The van der Waals surface area contributed by atoms with Crippen LogP contribution in [0.3, 0.4) is 0 Å². The van der Waals surface area contributed by atoms with Gasteiger partial charge in [0, 0.05) is 44.3 Å². The Morgan fingerprint density at radius 2 is 1.96 bits per heavy atom. The number of likely N-dealkylation sites (tertiary alicyclic amines) is 1. The average molecular weight is 317 g/mol. The van der Waals surface area contributed by atoms with Gasteiger partial charge in [-0.05, 0) is 37.6 Å². The van der Waals surface area contributed by atoms with Crippen LogP contribution >= 0.6 is 0 Å². The molecule has 2 aliphatic rings. The number of morpholine rings is 1. The molecular formula is C18H27N3O2. The molecule has 2 heterocycles. The number of hydrogen-bond acceptors (Lipinski definition) is 4. The Labute approximate surface area is 138 Å². The molecule has 0 bridgehead atoms.